The Morgan fingerprint density at radius 1 is 1.29 bits per heavy atom. The number of ether oxygens (including phenoxy) is 1. The molecular formula is C18H27N3O3. The maximum absolute atomic E-state index is 12.2. The standard InChI is InChI=1S/C18H27N3O3/c1-4-21(11-17(22)19-13(2)14-8-9-14)12-18(23)20-15-6-5-7-16(10-15)24-3/h5-7,10,13-14H,4,8-9,11-12H2,1-3H3,(H,19,22)(H,20,23)/t13-/m0/s1. The van der Waals surface area contributed by atoms with Crippen LogP contribution in [0.2, 0.25) is 0 Å². The molecule has 2 amide bonds. The highest BCUT2D eigenvalue weighted by Crippen LogP contribution is 2.32. The average molecular weight is 333 g/mol. The molecule has 6 heteroatoms. The number of carbonyl (C=O) groups is 2. The monoisotopic (exact) mass is 333 g/mol. The second-order valence-corrected chi connectivity index (χ2v) is 6.28. The van der Waals surface area contributed by atoms with Gasteiger partial charge in [-0.1, -0.05) is 13.0 Å². The second kappa shape index (κ2) is 8.68. The average Bonchev–Trinajstić information content (AvgIpc) is 3.39. The molecular weight excluding hydrogens is 306 g/mol. The van der Waals surface area contributed by atoms with Gasteiger partial charge in [-0.2, -0.15) is 0 Å². The van der Waals surface area contributed by atoms with Crippen LogP contribution in [0.15, 0.2) is 24.3 Å². The topological polar surface area (TPSA) is 70.7 Å². The first kappa shape index (κ1) is 18.3. The van der Waals surface area contributed by atoms with E-state index in [0.29, 0.717) is 23.9 Å². The Balaban J connectivity index is 1.79. The van der Waals surface area contributed by atoms with Crippen LogP contribution in [0, 0.1) is 5.92 Å². The van der Waals surface area contributed by atoms with Crippen LogP contribution in [-0.4, -0.2) is 49.5 Å². The van der Waals surface area contributed by atoms with Crippen LogP contribution in [0.25, 0.3) is 0 Å². The molecule has 0 bridgehead atoms. The first-order valence-corrected chi connectivity index (χ1v) is 8.47. The molecule has 1 atom stereocenters. The molecule has 0 aliphatic heterocycles. The van der Waals surface area contributed by atoms with E-state index in [0.717, 1.165) is 0 Å². The molecule has 6 nitrogen and oxygen atoms in total. The van der Waals surface area contributed by atoms with Gasteiger partial charge in [0.05, 0.1) is 20.2 Å². The number of nitrogens with zero attached hydrogens (tertiary/aromatic N) is 1. The fourth-order valence-corrected chi connectivity index (χ4v) is 2.60. The largest absolute Gasteiger partial charge is 0.497 e. The van der Waals surface area contributed by atoms with Gasteiger partial charge in [0.2, 0.25) is 11.8 Å². The zero-order chi connectivity index (χ0) is 17.5. The number of rotatable bonds is 9. The predicted octanol–water partition coefficient (Wildman–Crippen LogP) is 1.87. The smallest absolute Gasteiger partial charge is 0.238 e. The molecule has 0 saturated heterocycles. The number of hydrogen-bond acceptors (Lipinski definition) is 4. The van der Waals surface area contributed by atoms with Crippen molar-refractivity contribution in [2.24, 2.45) is 5.92 Å². The molecule has 2 rings (SSSR count). The maximum atomic E-state index is 12.2. The number of carbonyl (C=O) groups excluding carboxylic acids is 2. The highest BCUT2D eigenvalue weighted by atomic mass is 16.5. The van der Waals surface area contributed by atoms with Crippen LogP contribution < -0.4 is 15.4 Å². The summed E-state index contributed by atoms with van der Waals surface area (Å²) in [6.07, 6.45) is 2.39. The molecule has 0 unspecified atom stereocenters. The van der Waals surface area contributed by atoms with Gasteiger partial charge in [-0.15, -0.1) is 0 Å². The second-order valence-electron chi connectivity index (χ2n) is 6.28. The maximum Gasteiger partial charge on any atom is 0.238 e. The fourth-order valence-electron chi connectivity index (χ4n) is 2.60. The van der Waals surface area contributed by atoms with E-state index in [4.69, 9.17) is 4.74 Å². The van der Waals surface area contributed by atoms with Crippen molar-refractivity contribution in [3.63, 3.8) is 0 Å². The highest BCUT2D eigenvalue weighted by Gasteiger charge is 2.29. The van der Waals surface area contributed by atoms with Gasteiger partial charge in [0.25, 0.3) is 0 Å². The first-order valence-electron chi connectivity index (χ1n) is 8.47. The molecule has 0 radical (unpaired) electrons. The minimum atomic E-state index is -0.145. The number of methoxy groups -OCH3 is 1. The van der Waals surface area contributed by atoms with E-state index in [1.54, 1.807) is 19.2 Å². The Morgan fingerprint density at radius 2 is 2.00 bits per heavy atom. The third-order valence-corrected chi connectivity index (χ3v) is 4.25. The normalized spacial score (nSPS) is 15.0. The quantitative estimate of drug-likeness (QED) is 0.724. The van der Waals surface area contributed by atoms with Gasteiger partial charge in [-0.25, -0.2) is 0 Å². The van der Waals surface area contributed by atoms with Crippen molar-refractivity contribution >= 4 is 17.5 Å². The Morgan fingerprint density at radius 3 is 2.62 bits per heavy atom. The number of amides is 2. The van der Waals surface area contributed by atoms with Crippen molar-refractivity contribution < 1.29 is 14.3 Å². The molecule has 1 aliphatic rings. The van der Waals surface area contributed by atoms with Gasteiger partial charge in [0.1, 0.15) is 5.75 Å². The molecule has 24 heavy (non-hydrogen) atoms. The summed E-state index contributed by atoms with van der Waals surface area (Å²) in [4.78, 5) is 26.1. The molecule has 1 aromatic rings. The van der Waals surface area contributed by atoms with E-state index in [9.17, 15) is 9.59 Å². The van der Waals surface area contributed by atoms with Gasteiger partial charge < -0.3 is 15.4 Å². The van der Waals surface area contributed by atoms with E-state index in [1.807, 2.05) is 30.9 Å². The zero-order valence-electron chi connectivity index (χ0n) is 14.7. The van der Waals surface area contributed by atoms with Crippen molar-refractivity contribution in [2.75, 3.05) is 32.1 Å². The van der Waals surface area contributed by atoms with Gasteiger partial charge in [0.15, 0.2) is 0 Å². The van der Waals surface area contributed by atoms with Gasteiger partial charge in [0, 0.05) is 17.8 Å². The summed E-state index contributed by atoms with van der Waals surface area (Å²) in [5.41, 5.74) is 0.683. The number of hydrogen-bond donors (Lipinski definition) is 2. The molecule has 1 fully saturated rings. The van der Waals surface area contributed by atoms with Crippen molar-refractivity contribution in [3.8, 4) is 5.75 Å². The zero-order valence-corrected chi connectivity index (χ0v) is 14.7. The van der Waals surface area contributed by atoms with Crippen molar-refractivity contribution in [2.45, 2.75) is 32.7 Å². The lowest BCUT2D eigenvalue weighted by atomic mass is 10.2. The number of nitrogens with one attached hydrogen (secondary N) is 2. The third kappa shape index (κ3) is 5.85. The van der Waals surface area contributed by atoms with Crippen LogP contribution in [0.3, 0.4) is 0 Å². The van der Waals surface area contributed by atoms with E-state index >= 15 is 0 Å². The Bertz CT molecular complexity index is 572. The van der Waals surface area contributed by atoms with Crippen molar-refractivity contribution in [1.82, 2.24) is 10.2 Å². The van der Waals surface area contributed by atoms with Crippen molar-refractivity contribution in [1.29, 1.82) is 0 Å². The van der Waals surface area contributed by atoms with Gasteiger partial charge >= 0.3 is 0 Å². The number of likely N-dealkylation sites (N-methyl/N-ethyl adjacent to an activating group) is 1. The van der Waals surface area contributed by atoms with Crippen molar-refractivity contribution in [3.05, 3.63) is 24.3 Å². The van der Waals surface area contributed by atoms with E-state index in [1.165, 1.54) is 12.8 Å². The molecule has 1 saturated carbocycles. The number of benzene rings is 1. The Kier molecular flexibility index (Phi) is 6.61. The summed E-state index contributed by atoms with van der Waals surface area (Å²) in [6, 6.07) is 7.43. The van der Waals surface area contributed by atoms with E-state index in [-0.39, 0.29) is 30.9 Å². The SMILES string of the molecule is CCN(CC(=O)Nc1cccc(OC)c1)CC(=O)N[C@@H](C)C1CC1. The van der Waals surface area contributed by atoms with Gasteiger partial charge in [-0.05, 0) is 44.4 Å². The highest BCUT2D eigenvalue weighted by molar-refractivity contribution is 5.92. The summed E-state index contributed by atoms with van der Waals surface area (Å²) in [5.74, 6) is 1.15. The summed E-state index contributed by atoms with van der Waals surface area (Å²) in [7, 11) is 1.58. The molecule has 132 valence electrons. The minimum absolute atomic E-state index is 0.0227. The number of anilines is 1. The summed E-state index contributed by atoms with van der Waals surface area (Å²) < 4.78 is 5.14. The van der Waals surface area contributed by atoms with Gasteiger partial charge in [-0.3, -0.25) is 14.5 Å². The lowest BCUT2D eigenvalue weighted by Crippen LogP contribution is -2.44. The Hall–Kier alpha value is -2.08. The van der Waals surface area contributed by atoms with E-state index in [2.05, 4.69) is 10.6 Å². The van der Waals surface area contributed by atoms with Crippen LogP contribution in [0.5, 0.6) is 5.75 Å². The first-order chi connectivity index (χ1) is 11.5. The molecule has 0 spiro atoms. The molecule has 1 aromatic carbocycles. The summed E-state index contributed by atoms with van der Waals surface area (Å²) >= 11 is 0. The lowest BCUT2D eigenvalue weighted by molar-refractivity contribution is -0.124. The Labute approximate surface area is 143 Å². The molecule has 0 heterocycles. The van der Waals surface area contributed by atoms with Crippen LogP contribution >= 0.6 is 0 Å². The van der Waals surface area contributed by atoms with E-state index < -0.39 is 0 Å². The lowest BCUT2D eigenvalue weighted by Gasteiger charge is -2.21. The van der Waals surface area contributed by atoms with Crippen LogP contribution in [-0.2, 0) is 9.59 Å². The predicted molar refractivity (Wildman–Crippen MR) is 94.1 cm³/mol. The molecule has 1 aliphatic carbocycles. The minimum Gasteiger partial charge on any atom is -0.497 e. The van der Waals surface area contributed by atoms with Crippen LogP contribution in [0.1, 0.15) is 26.7 Å². The summed E-state index contributed by atoms with van der Waals surface area (Å²) in [5, 5.41) is 5.85. The third-order valence-electron chi connectivity index (χ3n) is 4.25. The summed E-state index contributed by atoms with van der Waals surface area (Å²) in [6.45, 7) is 5.03. The fraction of sp³-hybridized carbons (Fsp3) is 0.556. The molecule has 0 aromatic heterocycles. The van der Waals surface area contributed by atoms with Crippen LogP contribution in [0.4, 0.5) is 5.69 Å². The molecule has 2 N–H and O–H groups in total.